The fraction of sp³-hybridized carbons (Fsp3) is 0.600. The zero-order valence-corrected chi connectivity index (χ0v) is 9.84. The van der Waals surface area contributed by atoms with E-state index in [0.29, 0.717) is 12.6 Å². The first kappa shape index (κ1) is 13.0. The van der Waals surface area contributed by atoms with Gasteiger partial charge >= 0.3 is 18.4 Å². The van der Waals surface area contributed by atoms with E-state index >= 15 is 0 Å². The number of carboxylic acid groups (broad SMARTS) is 2. The second-order valence-corrected chi connectivity index (χ2v) is 4.51. The summed E-state index contributed by atoms with van der Waals surface area (Å²) < 4.78 is 0. The number of nitrogens with zero attached hydrogens (tertiary/aromatic N) is 4. The van der Waals surface area contributed by atoms with Crippen LogP contribution in [0, 0.1) is 5.92 Å². The van der Waals surface area contributed by atoms with Crippen LogP contribution in [0.15, 0.2) is 0 Å². The molecule has 19 heavy (non-hydrogen) atoms. The van der Waals surface area contributed by atoms with E-state index in [1.54, 1.807) is 0 Å². The molecule has 0 aromatic carbocycles. The van der Waals surface area contributed by atoms with E-state index in [1.807, 2.05) is 0 Å². The van der Waals surface area contributed by atoms with Crippen molar-refractivity contribution in [3.05, 3.63) is 5.53 Å². The lowest BCUT2D eigenvalue weighted by atomic mass is 9.95. The molecule has 0 aliphatic carbocycles. The van der Waals surface area contributed by atoms with Gasteiger partial charge in [0.25, 0.3) is 0 Å². The lowest BCUT2D eigenvalue weighted by molar-refractivity contribution is -0.120. The van der Waals surface area contributed by atoms with Gasteiger partial charge in [0.2, 0.25) is 5.78 Å². The molecule has 2 heterocycles. The van der Waals surface area contributed by atoms with Gasteiger partial charge in [-0.15, -0.1) is 0 Å². The van der Waals surface area contributed by atoms with Crippen LogP contribution in [-0.2, 0) is 4.79 Å². The SMILES string of the molecule is [N-]=[N+]=CC(=O)C1CN(C(=O)O)C2CCN(C(=O)O)C12. The molecule has 0 aromatic heterocycles. The molecule has 2 amide bonds. The van der Waals surface area contributed by atoms with Crippen molar-refractivity contribution in [3.8, 4) is 0 Å². The average Bonchev–Trinajstić information content (AvgIpc) is 2.86. The lowest BCUT2D eigenvalue weighted by Crippen LogP contribution is -2.44. The molecule has 102 valence electrons. The molecule has 2 rings (SSSR count). The van der Waals surface area contributed by atoms with Gasteiger partial charge in [-0.2, -0.15) is 4.79 Å². The van der Waals surface area contributed by atoms with E-state index in [-0.39, 0.29) is 13.1 Å². The molecule has 0 spiro atoms. The quantitative estimate of drug-likeness (QED) is 0.398. The topological polar surface area (TPSA) is 135 Å². The highest BCUT2D eigenvalue weighted by atomic mass is 16.4. The first-order chi connectivity index (χ1) is 8.97. The average molecular weight is 268 g/mol. The molecule has 2 fully saturated rings. The summed E-state index contributed by atoms with van der Waals surface area (Å²) in [5, 5.41) is 18.2. The molecule has 9 nitrogen and oxygen atoms in total. The van der Waals surface area contributed by atoms with Crippen molar-refractivity contribution < 1.29 is 29.4 Å². The number of Topliss-reactive ketones (excluding diaryl/α,β-unsaturated/α-hetero) is 1. The first-order valence-corrected chi connectivity index (χ1v) is 5.67. The third-order valence-corrected chi connectivity index (χ3v) is 3.67. The van der Waals surface area contributed by atoms with Crippen LogP contribution in [0.3, 0.4) is 0 Å². The van der Waals surface area contributed by atoms with E-state index in [9.17, 15) is 14.4 Å². The summed E-state index contributed by atoms with van der Waals surface area (Å²) in [5.41, 5.74) is 8.38. The van der Waals surface area contributed by atoms with Crippen LogP contribution in [0.4, 0.5) is 9.59 Å². The number of rotatable bonds is 2. The van der Waals surface area contributed by atoms with Gasteiger partial charge in [0.15, 0.2) is 0 Å². The van der Waals surface area contributed by atoms with E-state index in [1.165, 1.54) is 0 Å². The standard InChI is InChI=1S/C10H12N4O5/c11-12-3-7(15)5-4-14(10(18)19)6-1-2-13(8(5)6)9(16)17/h3,5-6,8H,1-2,4H2,(H,16,17)(H,18,19). The van der Waals surface area contributed by atoms with Crippen molar-refractivity contribution in [2.75, 3.05) is 13.1 Å². The molecular weight excluding hydrogens is 256 g/mol. The molecule has 0 bridgehead atoms. The van der Waals surface area contributed by atoms with E-state index in [0.717, 1.165) is 9.80 Å². The van der Waals surface area contributed by atoms with Crippen LogP contribution in [0.2, 0.25) is 0 Å². The van der Waals surface area contributed by atoms with Crippen LogP contribution >= 0.6 is 0 Å². The number of hydrogen-bond donors (Lipinski definition) is 2. The van der Waals surface area contributed by atoms with Crippen molar-refractivity contribution in [2.45, 2.75) is 18.5 Å². The van der Waals surface area contributed by atoms with E-state index < -0.39 is 36.0 Å². The van der Waals surface area contributed by atoms with Gasteiger partial charge in [-0.1, -0.05) is 0 Å². The van der Waals surface area contributed by atoms with Crippen LogP contribution in [0.25, 0.3) is 5.53 Å². The molecule has 2 aliphatic rings. The minimum atomic E-state index is -1.18. The maximum atomic E-state index is 11.8. The molecule has 2 aliphatic heterocycles. The van der Waals surface area contributed by atoms with Crippen molar-refractivity contribution in [1.82, 2.24) is 9.80 Å². The van der Waals surface area contributed by atoms with Gasteiger partial charge in [0, 0.05) is 13.1 Å². The molecule has 0 saturated carbocycles. The molecule has 3 atom stereocenters. The van der Waals surface area contributed by atoms with Gasteiger partial charge in [0.05, 0.1) is 18.0 Å². The minimum Gasteiger partial charge on any atom is -0.465 e. The normalized spacial score (nSPS) is 28.7. The Hall–Kier alpha value is -2.41. The van der Waals surface area contributed by atoms with Gasteiger partial charge in [-0.3, -0.25) is 4.79 Å². The molecule has 0 aromatic rings. The van der Waals surface area contributed by atoms with Crippen molar-refractivity contribution in [2.24, 2.45) is 5.92 Å². The Morgan fingerprint density at radius 1 is 1.21 bits per heavy atom. The number of likely N-dealkylation sites (tertiary alicyclic amines) is 2. The predicted molar refractivity (Wildman–Crippen MR) is 59.8 cm³/mol. The largest absolute Gasteiger partial charge is 0.465 e. The Kier molecular flexibility index (Phi) is 3.22. The molecule has 3 unspecified atom stereocenters. The Morgan fingerprint density at radius 3 is 2.37 bits per heavy atom. The molecule has 9 heteroatoms. The van der Waals surface area contributed by atoms with Crippen LogP contribution in [0.1, 0.15) is 6.42 Å². The third kappa shape index (κ3) is 2.04. The Morgan fingerprint density at radius 2 is 1.84 bits per heavy atom. The molecule has 2 saturated heterocycles. The zero-order chi connectivity index (χ0) is 14.2. The Labute approximate surface area is 107 Å². The molecule has 2 N–H and O–H groups in total. The highest BCUT2D eigenvalue weighted by Crippen LogP contribution is 2.35. The Bertz CT molecular complexity index is 474. The summed E-state index contributed by atoms with van der Waals surface area (Å²) in [7, 11) is 0. The third-order valence-electron chi connectivity index (χ3n) is 3.67. The van der Waals surface area contributed by atoms with Gasteiger partial charge in [-0.25, -0.2) is 9.59 Å². The monoisotopic (exact) mass is 268 g/mol. The van der Waals surface area contributed by atoms with Crippen LogP contribution < -0.4 is 0 Å². The van der Waals surface area contributed by atoms with Gasteiger partial charge < -0.3 is 25.5 Å². The smallest absolute Gasteiger partial charge is 0.407 e. The summed E-state index contributed by atoms with van der Waals surface area (Å²) in [6, 6.07) is -1.23. The number of ketones is 1. The first-order valence-electron chi connectivity index (χ1n) is 5.67. The van der Waals surface area contributed by atoms with Gasteiger partial charge in [-0.05, 0) is 6.42 Å². The van der Waals surface area contributed by atoms with E-state index in [4.69, 9.17) is 15.7 Å². The maximum absolute atomic E-state index is 11.8. The van der Waals surface area contributed by atoms with Gasteiger partial charge in [0.1, 0.15) is 0 Å². The summed E-state index contributed by atoms with van der Waals surface area (Å²) >= 11 is 0. The highest BCUT2D eigenvalue weighted by molar-refractivity contribution is 6.26. The number of hydrogen-bond acceptors (Lipinski definition) is 3. The molecule has 0 radical (unpaired) electrons. The number of fused-ring (bicyclic) bond motifs is 1. The summed E-state index contributed by atoms with van der Waals surface area (Å²) in [6.45, 7) is 0.105. The highest BCUT2D eigenvalue weighted by Gasteiger charge is 2.54. The fourth-order valence-electron chi connectivity index (χ4n) is 2.93. The summed E-state index contributed by atoms with van der Waals surface area (Å²) in [6.07, 6.45) is -1.31. The maximum Gasteiger partial charge on any atom is 0.407 e. The number of carbonyl (C=O) groups is 3. The second-order valence-electron chi connectivity index (χ2n) is 4.51. The van der Waals surface area contributed by atoms with Crippen molar-refractivity contribution in [3.63, 3.8) is 0 Å². The lowest BCUT2D eigenvalue weighted by Gasteiger charge is -2.23. The number of amides is 2. The zero-order valence-electron chi connectivity index (χ0n) is 9.84. The minimum absolute atomic E-state index is 0.0840. The Balaban J connectivity index is 2.33. The van der Waals surface area contributed by atoms with Crippen LogP contribution in [-0.4, -0.2) is 74.2 Å². The summed E-state index contributed by atoms with van der Waals surface area (Å²) in [5.74, 6) is -1.40. The molecular formula is C10H12N4O5. The van der Waals surface area contributed by atoms with Crippen molar-refractivity contribution >= 4 is 24.2 Å². The number of carbonyl (C=O) groups excluding carboxylic acids is 1. The van der Waals surface area contributed by atoms with Crippen LogP contribution in [0.5, 0.6) is 0 Å². The predicted octanol–water partition coefficient (Wildman–Crippen LogP) is -0.413. The fourth-order valence-corrected chi connectivity index (χ4v) is 2.93. The van der Waals surface area contributed by atoms with Crippen molar-refractivity contribution in [1.29, 1.82) is 0 Å². The summed E-state index contributed by atoms with van der Waals surface area (Å²) in [4.78, 5) is 38.8. The second kappa shape index (κ2) is 4.69. The van der Waals surface area contributed by atoms with E-state index in [2.05, 4.69) is 4.79 Å².